The zero-order valence-electron chi connectivity index (χ0n) is 10.8. The molecule has 4 nitrogen and oxygen atoms in total. The molecular formula is C16H13N2O2+. The predicted molar refractivity (Wildman–Crippen MR) is 76.3 cm³/mol. The van der Waals surface area contributed by atoms with Crippen LogP contribution in [0.4, 0.5) is 5.69 Å². The largest absolute Gasteiger partial charge is 0.269 e. The Morgan fingerprint density at radius 2 is 1.80 bits per heavy atom. The van der Waals surface area contributed by atoms with Crippen LogP contribution in [0.3, 0.4) is 0 Å². The van der Waals surface area contributed by atoms with Crippen molar-refractivity contribution in [3.05, 3.63) is 82.5 Å². The van der Waals surface area contributed by atoms with Crippen molar-refractivity contribution in [2.45, 2.75) is 6.54 Å². The van der Waals surface area contributed by atoms with Gasteiger partial charge in [0, 0.05) is 35.2 Å². The molecule has 0 atom stereocenters. The predicted octanol–water partition coefficient (Wildman–Crippen LogP) is 3.08. The SMILES string of the molecule is O=[N+]([O-])c1cccc(C[n+]2cccc3ccccc32)c1. The number of aromatic nitrogens is 1. The Bertz CT molecular complexity index is 779. The van der Waals surface area contributed by atoms with Crippen LogP contribution in [0, 0.1) is 10.1 Å². The van der Waals surface area contributed by atoms with E-state index in [1.807, 2.05) is 36.5 Å². The van der Waals surface area contributed by atoms with Crippen LogP contribution in [-0.4, -0.2) is 4.92 Å². The Morgan fingerprint density at radius 1 is 1.00 bits per heavy atom. The van der Waals surface area contributed by atoms with E-state index >= 15 is 0 Å². The van der Waals surface area contributed by atoms with Crippen LogP contribution < -0.4 is 4.57 Å². The number of fused-ring (bicyclic) bond motifs is 1. The van der Waals surface area contributed by atoms with Gasteiger partial charge in [-0.05, 0) is 12.1 Å². The summed E-state index contributed by atoms with van der Waals surface area (Å²) in [5.41, 5.74) is 2.16. The molecule has 0 N–H and O–H groups in total. The van der Waals surface area contributed by atoms with E-state index in [0.29, 0.717) is 6.54 Å². The molecule has 3 aromatic rings. The van der Waals surface area contributed by atoms with Gasteiger partial charge in [-0.3, -0.25) is 10.1 Å². The number of hydrogen-bond acceptors (Lipinski definition) is 2. The molecule has 1 aromatic heterocycles. The molecule has 20 heavy (non-hydrogen) atoms. The molecule has 0 unspecified atom stereocenters. The number of rotatable bonds is 3. The van der Waals surface area contributed by atoms with Gasteiger partial charge < -0.3 is 0 Å². The van der Waals surface area contributed by atoms with E-state index in [-0.39, 0.29) is 10.6 Å². The van der Waals surface area contributed by atoms with E-state index in [1.54, 1.807) is 12.1 Å². The maximum atomic E-state index is 10.8. The third-order valence-corrected chi connectivity index (χ3v) is 3.26. The molecule has 0 bridgehead atoms. The summed E-state index contributed by atoms with van der Waals surface area (Å²) in [6.07, 6.45) is 1.99. The first-order valence-corrected chi connectivity index (χ1v) is 6.34. The fraction of sp³-hybridized carbons (Fsp3) is 0.0625. The lowest BCUT2D eigenvalue weighted by molar-refractivity contribution is -0.662. The minimum atomic E-state index is -0.364. The lowest BCUT2D eigenvalue weighted by atomic mass is 10.1. The summed E-state index contributed by atoms with van der Waals surface area (Å²) in [5, 5.41) is 12.0. The van der Waals surface area contributed by atoms with Crippen LogP contribution in [0.25, 0.3) is 10.9 Å². The molecule has 0 amide bonds. The molecule has 0 radical (unpaired) electrons. The Morgan fingerprint density at radius 3 is 2.65 bits per heavy atom. The van der Waals surface area contributed by atoms with E-state index in [2.05, 4.69) is 16.7 Å². The third kappa shape index (κ3) is 2.36. The average Bonchev–Trinajstić information content (AvgIpc) is 2.48. The first kappa shape index (κ1) is 12.3. The first-order valence-electron chi connectivity index (χ1n) is 6.34. The number of hydrogen-bond donors (Lipinski definition) is 0. The molecule has 0 fully saturated rings. The fourth-order valence-corrected chi connectivity index (χ4v) is 2.32. The second-order valence-corrected chi connectivity index (χ2v) is 4.62. The zero-order valence-corrected chi connectivity index (χ0v) is 10.8. The van der Waals surface area contributed by atoms with E-state index in [0.717, 1.165) is 16.5 Å². The molecular weight excluding hydrogens is 252 g/mol. The van der Waals surface area contributed by atoms with Crippen LogP contribution in [0.1, 0.15) is 5.56 Å². The Balaban J connectivity index is 2.01. The van der Waals surface area contributed by atoms with Crippen molar-refractivity contribution in [2.24, 2.45) is 0 Å². The number of para-hydroxylation sites is 1. The highest BCUT2D eigenvalue weighted by molar-refractivity contribution is 5.74. The number of pyridine rings is 1. The van der Waals surface area contributed by atoms with Gasteiger partial charge >= 0.3 is 0 Å². The highest BCUT2D eigenvalue weighted by atomic mass is 16.6. The monoisotopic (exact) mass is 265 g/mol. The number of non-ortho nitro benzene ring substituents is 1. The van der Waals surface area contributed by atoms with Gasteiger partial charge in [0.15, 0.2) is 12.7 Å². The van der Waals surface area contributed by atoms with E-state index < -0.39 is 0 Å². The van der Waals surface area contributed by atoms with Crippen molar-refractivity contribution >= 4 is 16.6 Å². The van der Waals surface area contributed by atoms with Crippen molar-refractivity contribution in [3.8, 4) is 0 Å². The minimum Gasteiger partial charge on any atom is -0.258 e. The maximum Gasteiger partial charge on any atom is 0.269 e. The van der Waals surface area contributed by atoms with Crippen molar-refractivity contribution in [3.63, 3.8) is 0 Å². The van der Waals surface area contributed by atoms with Crippen molar-refractivity contribution < 1.29 is 9.49 Å². The number of nitro benzene ring substituents is 1. The van der Waals surface area contributed by atoms with Gasteiger partial charge in [0.05, 0.1) is 4.92 Å². The summed E-state index contributed by atoms with van der Waals surface area (Å²) >= 11 is 0. The van der Waals surface area contributed by atoms with Gasteiger partial charge in [-0.2, -0.15) is 4.57 Å². The molecule has 3 rings (SSSR count). The van der Waals surface area contributed by atoms with Crippen molar-refractivity contribution in [2.75, 3.05) is 0 Å². The van der Waals surface area contributed by atoms with E-state index in [9.17, 15) is 10.1 Å². The second kappa shape index (κ2) is 5.09. The van der Waals surface area contributed by atoms with Crippen LogP contribution in [0.5, 0.6) is 0 Å². The van der Waals surface area contributed by atoms with Gasteiger partial charge in [0.2, 0.25) is 5.52 Å². The standard InChI is InChI=1S/C16H13N2O2/c19-18(20)15-8-3-5-13(11-15)12-17-10-4-7-14-6-1-2-9-16(14)17/h1-11H,12H2/q+1. The van der Waals surface area contributed by atoms with Gasteiger partial charge in [-0.1, -0.05) is 24.3 Å². The summed E-state index contributed by atoms with van der Waals surface area (Å²) in [6.45, 7) is 0.614. The summed E-state index contributed by atoms with van der Waals surface area (Å²) < 4.78 is 2.09. The Hall–Kier alpha value is -2.75. The van der Waals surface area contributed by atoms with Crippen molar-refractivity contribution in [1.82, 2.24) is 0 Å². The highest BCUT2D eigenvalue weighted by Gasteiger charge is 2.11. The topological polar surface area (TPSA) is 47.0 Å². The normalized spacial score (nSPS) is 10.6. The zero-order chi connectivity index (χ0) is 13.9. The minimum absolute atomic E-state index is 0.128. The second-order valence-electron chi connectivity index (χ2n) is 4.62. The molecule has 0 aliphatic heterocycles. The smallest absolute Gasteiger partial charge is 0.258 e. The van der Waals surface area contributed by atoms with Crippen LogP contribution in [0.2, 0.25) is 0 Å². The molecule has 0 aliphatic carbocycles. The van der Waals surface area contributed by atoms with Gasteiger partial charge in [0.25, 0.3) is 5.69 Å². The van der Waals surface area contributed by atoms with Gasteiger partial charge in [-0.15, -0.1) is 0 Å². The molecule has 0 saturated carbocycles. The van der Waals surface area contributed by atoms with E-state index in [4.69, 9.17) is 0 Å². The fourth-order valence-electron chi connectivity index (χ4n) is 2.32. The maximum absolute atomic E-state index is 10.8. The number of nitrogens with zero attached hydrogens (tertiary/aromatic N) is 2. The summed E-state index contributed by atoms with van der Waals surface area (Å²) in [7, 11) is 0. The van der Waals surface area contributed by atoms with Crippen molar-refractivity contribution in [1.29, 1.82) is 0 Å². The molecule has 1 heterocycles. The van der Waals surface area contributed by atoms with Crippen LogP contribution in [-0.2, 0) is 6.54 Å². The number of nitro groups is 1. The molecule has 0 saturated heterocycles. The molecule has 4 heteroatoms. The Labute approximate surface area is 116 Å². The van der Waals surface area contributed by atoms with Gasteiger partial charge in [0.1, 0.15) is 0 Å². The van der Waals surface area contributed by atoms with Crippen LogP contribution >= 0.6 is 0 Å². The molecule has 98 valence electrons. The molecule has 0 spiro atoms. The number of benzene rings is 2. The summed E-state index contributed by atoms with van der Waals surface area (Å²) in [5.74, 6) is 0. The Kier molecular flexibility index (Phi) is 3.13. The lowest BCUT2D eigenvalue weighted by Crippen LogP contribution is -2.34. The average molecular weight is 265 g/mol. The molecule has 0 aliphatic rings. The quantitative estimate of drug-likeness (QED) is 0.415. The lowest BCUT2D eigenvalue weighted by Gasteiger charge is -2.01. The highest BCUT2D eigenvalue weighted by Crippen LogP contribution is 2.14. The van der Waals surface area contributed by atoms with Gasteiger partial charge in [-0.25, -0.2) is 0 Å². The third-order valence-electron chi connectivity index (χ3n) is 3.26. The summed E-state index contributed by atoms with van der Waals surface area (Å²) in [4.78, 5) is 10.5. The van der Waals surface area contributed by atoms with Crippen LogP contribution in [0.15, 0.2) is 66.9 Å². The first-order chi connectivity index (χ1) is 9.74. The van der Waals surface area contributed by atoms with E-state index in [1.165, 1.54) is 6.07 Å². The molecule has 2 aromatic carbocycles. The summed E-state index contributed by atoms with van der Waals surface area (Å²) in [6, 6.07) is 18.9.